The van der Waals surface area contributed by atoms with E-state index in [0.717, 1.165) is 11.3 Å². The lowest BCUT2D eigenvalue weighted by molar-refractivity contribution is -0.0498. The van der Waals surface area contributed by atoms with E-state index in [2.05, 4.69) is 10.8 Å². The molecule has 2 aromatic carbocycles. The summed E-state index contributed by atoms with van der Waals surface area (Å²) < 4.78 is 33.9. The molecular weight excluding hydrogens is 380 g/mol. The lowest BCUT2D eigenvalue weighted by Gasteiger charge is -2.37. The van der Waals surface area contributed by atoms with Gasteiger partial charge in [-0.3, -0.25) is 9.69 Å². The molecular formula is C21H21F2N3O3. The van der Waals surface area contributed by atoms with Crippen molar-refractivity contribution in [3.8, 4) is 17.6 Å². The Morgan fingerprint density at radius 2 is 1.59 bits per heavy atom. The first-order valence-corrected chi connectivity index (χ1v) is 9.13. The number of halogens is 2. The van der Waals surface area contributed by atoms with Crippen molar-refractivity contribution in [1.29, 1.82) is 5.26 Å². The summed E-state index contributed by atoms with van der Waals surface area (Å²) in [7, 11) is 1.59. The second-order valence-corrected chi connectivity index (χ2v) is 6.54. The average molecular weight is 401 g/mol. The minimum absolute atomic E-state index is 0.0118. The van der Waals surface area contributed by atoms with E-state index in [4.69, 9.17) is 4.74 Å². The van der Waals surface area contributed by atoms with Gasteiger partial charge in [-0.2, -0.15) is 14.0 Å². The number of rotatable bonds is 6. The third-order valence-corrected chi connectivity index (χ3v) is 4.85. The highest BCUT2D eigenvalue weighted by Gasteiger charge is 2.27. The van der Waals surface area contributed by atoms with Gasteiger partial charge in [0.15, 0.2) is 0 Å². The Morgan fingerprint density at radius 1 is 1.00 bits per heavy atom. The van der Waals surface area contributed by atoms with Crippen LogP contribution >= 0.6 is 0 Å². The van der Waals surface area contributed by atoms with E-state index in [1.165, 1.54) is 24.3 Å². The van der Waals surface area contributed by atoms with Crippen molar-refractivity contribution >= 4 is 5.91 Å². The molecule has 1 fully saturated rings. The molecule has 0 bridgehead atoms. The zero-order chi connectivity index (χ0) is 20.8. The van der Waals surface area contributed by atoms with Gasteiger partial charge in [-0.15, -0.1) is 0 Å². The number of benzene rings is 2. The minimum Gasteiger partial charge on any atom is -0.497 e. The highest BCUT2D eigenvalue weighted by Crippen LogP contribution is 2.24. The molecule has 1 unspecified atom stereocenters. The Kier molecular flexibility index (Phi) is 6.62. The van der Waals surface area contributed by atoms with E-state index in [1.54, 1.807) is 12.0 Å². The number of carbonyl (C=O) groups excluding carboxylic acids is 1. The van der Waals surface area contributed by atoms with E-state index >= 15 is 0 Å². The number of hydrogen-bond donors (Lipinski definition) is 0. The van der Waals surface area contributed by atoms with Gasteiger partial charge >= 0.3 is 6.61 Å². The number of piperazine rings is 1. The lowest BCUT2D eigenvalue weighted by Crippen LogP contribution is -2.49. The third kappa shape index (κ3) is 5.00. The van der Waals surface area contributed by atoms with Crippen LogP contribution in [0.2, 0.25) is 0 Å². The Morgan fingerprint density at radius 3 is 2.10 bits per heavy atom. The van der Waals surface area contributed by atoms with Crippen LogP contribution in [0.1, 0.15) is 22.0 Å². The molecule has 0 radical (unpaired) electrons. The maximum Gasteiger partial charge on any atom is 0.387 e. The number of nitrogens with zero attached hydrogens (tertiary/aromatic N) is 3. The van der Waals surface area contributed by atoms with Crippen molar-refractivity contribution in [2.75, 3.05) is 33.3 Å². The molecule has 8 heteroatoms. The lowest BCUT2D eigenvalue weighted by atomic mass is 10.1. The van der Waals surface area contributed by atoms with Crippen LogP contribution in [0.25, 0.3) is 0 Å². The molecule has 0 N–H and O–H groups in total. The van der Waals surface area contributed by atoms with Crippen LogP contribution in [-0.2, 0) is 0 Å². The summed E-state index contributed by atoms with van der Waals surface area (Å²) in [4.78, 5) is 16.4. The quantitative estimate of drug-likeness (QED) is 0.743. The van der Waals surface area contributed by atoms with Gasteiger partial charge in [-0.1, -0.05) is 12.1 Å². The summed E-state index contributed by atoms with van der Waals surface area (Å²) in [5.41, 5.74) is 1.29. The van der Waals surface area contributed by atoms with E-state index in [1.807, 2.05) is 29.2 Å². The highest BCUT2D eigenvalue weighted by molar-refractivity contribution is 5.94. The molecule has 0 spiro atoms. The normalized spacial score (nSPS) is 15.6. The SMILES string of the molecule is COc1ccc(C(C#N)N2CCN(C(=O)c3ccc(OC(F)F)cc3)CC2)cc1. The Balaban J connectivity index is 1.60. The fourth-order valence-corrected chi connectivity index (χ4v) is 3.30. The molecule has 1 atom stereocenters. The monoisotopic (exact) mass is 401 g/mol. The highest BCUT2D eigenvalue weighted by atomic mass is 19.3. The summed E-state index contributed by atoms with van der Waals surface area (Å²) in [5.74, 6) is 0.565. The molecule has 29 heavy (non-hydrogen) atoms. The maximum absolute atomic E-state index is 12.7. The molecule has 1 heterocycles. The van der Waals surface area contributed by atoms with Crippen molar-refractivity contribution in [2.24, 2.45) is 0 Å². The summed E-state index contributed by atoms with van der Waals surface area (Å²) in [6, 6.07) is 15.0. The summed E-state index contributed by atoms with van der Waals surface area (Å²) in [6.45, 7) is -0.834. The molecule has 1 aliphatic rings. The molecule has 1 saturated heterocycles. The predicted molar refractivity (Wildman–Crippen MR) is 102 cm³/mol. The molecule has 152 valence electrons. The minimum atomic E-state index is -2.90. The van der Waals surface area contributed by atoms with Crippen LogP contribution in [0.3, 0.4) is 0 Å². The molecule has 1 amide bonds. The van der Waals surface area contributed by atoms with Crippen molar-refractivity contribution in [2.45, 2.75) is 12.7 Å². The van der Waals surface area contributed by atoms with Gasteiger partial charge in [0.1, 0.15) is 17.5 Å². The Labute approximate surface area is 167 Å². The average Bonchev–Trinajstić information content (AvgIpc) is 2.75. The number of ether oxygens (including phenoxy) is 2. The smallest absolute Gasteiger partial charge is 0.387 e. The van der Waals surface area contributed by atoms with E-state index in [-0.39, 0.29) is 11.7 Å². The topological polar surface area (TPSA) is 65.8 Å². The number of hydrogen-bond acceptors (Lipinski definition) is 5. The van der Waals surface area contributed by atoms with E-state index < -0.39 is 12.7 Å². The van der Waals surface area contributed by atoms with Crippen molar-refractivity contribution in [3.63, 3.8) is 0 Å². The van der Waals surface area contributed by atoms with E-state index in [9.17, 15) is 18.8 Å². The number of amides is 1. The third-order valence-electron chi connectivity index (χ3n) is 4.85. The number of methoxy groups -OCH3 is 1. The zero-order valence-electron chi connectivity index (χ0n) is 15.9. The molecule has 1 aliphatic heterocycles. The Bertz CT molecular complexity index is 858. The molecule has 0 saturated carbocycles. The van der Waals surface area contributed by atoms with Crippen LogP contribution < -0.4 is 9.47 Å². The van der Waals surface area contributed by atoms with Gasteiger partial charge < -0.3 is 14.4 Å². The number of carbonyl (C=O) groups is 1. The molecule has 6 nitrogen and oxygen atoms in total. The second-order valence-electron chi connectivity index (χ2n) is 6.54. The predicted octanol–water partition coefficient (Wildman–Crippen LogP) is 3.32. The fraction of sp³-hybridized carbons (Fsp3) is 0.333. The van der Waals surface area contributed by atoms with Crippen LogP contribution in [0.4, 0.5) is 8.78 Å². The molecule has 0 aliphatic carbocycles. The van der Waals surface area contributed by atoms with Gasteiger partial charge in [0.2, 0.25) is 0 Å². The van der Waals surface area contributed by atoms with E-state index in [0.29, 0.717) is 31.7 Å². The van der Waals surface area contributed by atoms with Gasteiger partial charge in [0.25, 0.3) is 5.91 Å². The standard InChI is InChI=1S/C21H21F2N3O3/c1-28-17-6-2-15(3-7-17)19(14-24)25-10-12-26(13-11-25)20(27)16-4-8-18(9-5-16)29-21(22)23/h2-9,19,21H,10-13H2,1H3. The van der Waals surface area contributed by atoms with Crippen LogP contribution in [0.5, 0.6) is 11.5 Å². The fourth-order valence-electron chi connectivity index (χ4n) is 3.30. The summed E-state index contributed by atoms with van der Waals surface area (Å²) >= 11 is 0. The largest absolute Gasteiger partial charge is 0.497 e. The van der Waals surface area contributed by atoms with Crippen LogP contribution in [0.15, 0.2) is 48.5 Å². The van der Waals surface area contributed by atoms with Crippen LogP contribution in [0, 0.1) is 11.3 Å². The molecule has 2 aromatic rings. The molecule has 3 rings (SSSR count). The number of nitriles is 1. The Hall–Kier alpha value is -3.18. The van der Waals surface area contributed by atoms with Gasteiger partial charge in [-0.25, -0.2) is 0 Å². The van der Waals surface area contributed by atoms with Crippen molar-refractivity contribution in [1.82, 2.24) is 9.80 Å². The first-order valence-electron chi connectivity index (χ1n) is 9.13. The maximum atomic E-state index is 12.7. The van der Waals surface area contributed by atoms with Crippen molar-refractivity contribution in [3.05, 3.63) is 59.7 Å². The van der Waals surface area contributed by atoms with Gasteiger partial charge in [-0.05, 0) is 42.0 Å². The first-order chi connectivity index (χ1) is 14.0. The van der Waals surface area contributed by atoms with Gasteiger partial charge in [0, 0.05) is 31.7 Å². The zero-order valence-corrected chi connectivity index (χ0v) is 15.9. The first kappa shape index (κ1) is 20.6. The van der Waals surface area contributed by atoms with Gasteiger partial charge in [0.05, 0.1) is 13.2 Å². The molecule has 0 aromatic heterocycles. The van der Waals surface area contributed by atoms with Crippen LogP contribution in [-0.4, -0.2) is 55.6 Å². The number of alkyl halides is 2. The summed E-state index contributed by atoms with van der Waals surface area (Å²) in [6.07, 6.45) is 0. The summed E-state index contributed by atoms with van der Waals surface area (Å²) in [5, 5.41) is 9.63. The van der Waals surface area contributed by atoms with Crippen molar-refractivity contribution < 1.29 is 23.0 Å². The second kappa shape index (κ2) is 9.34.